The van der Waals surface area contributed by atoms with Crippen molar-refractivity contribution in [2.24, 2.45) is 0 Å². The first-order valence-electron chi connectivity index (χ1n) is 20.0. The van der Waals surface area contributed by atoms with Crippen molar-refractivity contribution in [1.82, 2.24) is 0 Å². The van der Waals surface area contributed by atoms with Crippen LogP contribution in [-0.4, -0.2) is 89.0 Å². The van der Waals surface area contributed by atoms with Crippen LogP contribution in [0.4, 0.5) is 0 Å². The van der Waals surface area contributed by atoms with Crippen molar-refractivity contribution in [3.05, 3.63) is 109 Å². The van der Waals surface area contributed by atoms with Gasteiger partial charge < -0.3 is 39.4 Å². The van der Waals surface area contributed by atoms with Crippen molar-refractivity contribution >= 4 is 11.9 Å². The zero-order valence-electron chi connectivity index (χ0n) is 33.1. The Morgan fingerprint density at radius 1 is 0.582 bits per heavy atom. The lowest BCUT2D eigenvalue weighted by Crippen LogP contribution is -2.59. The van der Waals surface area contributed by atoms with Crippen LogP contribution in [0, 0.1) is 0 Å². The lowest BCUT2D eigenvalue weighted by atomic mass is 9.99. The van der Waals surface area contributed by atoms with Gasteiger partial charge in [-0.05, 0) is 77.0 Å². The summed E-state index contributed by atoms with van der Waals surface area (Å²) in [5.74, 6) is -1.02. The van der Waals surface area contributed by atoms with Gasteiger partial charge in [-0.1, -0.05) is 123 Å². The van der Waals surface area contributed by atoms with E-state index in [2.05, 4.69) is 105 Å². The molecule has 0 aromatic carbocycles. The first-order valence-corrected chi connectivity index (χ1v) is 20.0. The van der Waals surface area contributed by atoms with Crippen molar-refractivity contribution in [2.75, 3.05) is 19.8 Å². The number of esters is 2. The summed E-state index contributed by atoms with van der Waals surface area (Å²) < 4.78 is 21.9. The smallest absolute Gasteiger partial charge is 0.309 e. The number of hydrogen-bond acceptors (Lipinski definition) is 10. The molecule has 10 heteroatoms. The van der Waals surface area contributed by atoms with E-state index in [4.69, 9.17) is 18.9 Å². The third-order valence-electron chi connectivity index (χ3n) is 8.19. The molecular weight excluding hydrogens is 700 g/mol. The van der Waals surface area contributed by atoms with Crippen LogP contribution in [0.25, 0.3) is 0 Å². The van der Waals surface area contributed by atoms with E-state index in [1.165, 1.54) is 0 Å². The lowest BCUT2D eigenvalue weighted by Gasteiger charge is -2.39. The normalized spacial score (nSPS) is 21.7. The monoisotopic (exact) mass is 768 g/mol. The molecule has 3 unspecified atom stereocenters. The number of allylic oxidation sites excluding steroid dienone is 17. The van der Waals surface area contributed by atoms with Gasteiger partial charge in [0.2, 0.25) is 0 Å². The third-order valence-corrected chi connectivity index (χ3v) is 8.19. The molecule has 0 aromatic rings. The number of aliphatic hydroxyl groups is 4. The van der Waals surface area contributed by atoms with E-state index in [0.29, 0.717) is 12.8 Å². The van der Waals surface area contributed by atoms with Crippen LogP contribution >= 0.6 is 0 Å². The first kappa shape index (κ1) is 49.4. The lowest BCUT2D eigenvalue weighted by molar-refractivity contribution is -0.305. The van der Waals surface area contributed by atoms with Gasteiger partial charge in [-0.3, -0.25) is 9.59 Å². The summed E-state index contributed by atoms with van der Waals surface area (Å²) in [6, 6.07) is 0. The second kappa shape index (κ2) is 34.8. The van der Waals surface area contributed by atoms with E-state index < -0.39 is 55.4 Å². The summed E-state index contributed by atoms with van der Waals surface area (Å²) >= 11 is 0. The van der Waals surface area contributed by atoms with E-state index >= 15 is 0 Å². The average Bonchev–Trinajstić information content (AvgIpc) is 3.18. The van der Waals surface area contributed by atoms with Gasteiger partial charge in [-0.15, -0.1) is 0 Å². The van der Waals surface area contributed by atoms with E-state index in [9.17, 15) is 30.0 Å². The van der Waals surface area contributed by atoms with Crippen molar-refractivity contribution in [2.45, 2.75) is 141 Å². The van der Waals surface area contributed by atoms with E-state index in [1.807, 2.05) is 12.2 Å². The maximum absolute atomic E-state index is 12.7. The van der Waals surface area contributed by atoms with Crippen LogP contribution in [0.1, 0.15) is 104 Å². The molecule has 1 rings (SSSR count). The summed E-state index contributed by atoms with van der Waals surface area (Å²) in [5, 5.41) is 39.9. The molecule has 55 heavy (non-hydrogen) atoms. The summed E-state index contributed by atoms with van der Waals surface area (Å²) in [6.45, 7) is 3.00. The number of unbranched alkanes of at least 4 members (excludes halogenated alkanes) is 2. The SMILES string of the molecule is CC/C=C\C/C=C\C/C=C\C/C=C\C/C=C\CC(=O)OC[C@H](CO[C@@H]1OC(CO)[C@H](O)C(O)C1O)OC(=O)CCCC/C=C\C/C=C\C/C=C\C/C=C\CC. The Bertz CT molecular complexity index is 1260. The first-order chi connectivity index (χ1) is 26.8. The maximum Gasteiger partial charge on any atom is 0.309 e. The summed E-state index contributed by atoms with van der Waals surface area (Å²) in [5.41, 5.74) is 0. The number of rotatable bonds is 30. The Labute approximate surface area is 330 Å². The molecule has 6 atom stereocenters. The number of ether oxygens (including phenoxy) is 4. The third kappa shape index (κ3) is 26.7. The average molecular weight is 769 g/mol. The molecule has 4 N–H and O–H groups in total. The molecule has 1 heterocycles. The summed E-state index contributed by atoms with van der Waals surface area (Å²) in [4.78, 5) is 25.2. The van der Waals surface area contributed by atoms with E-state index in [1.54, 1.807) is 6.08 Å². The number of carbonyl (C=O) groups is 2. The molecule has 1 aliphatic rings. The highest BCUT2D eigenvalue weighted by molar-refractivity contribution is 5.71. The van der Waals surface area contributed by atoms with Crippen molar-refractivity contribution in [3.8, 4) is 0 Å². The second-order valence-electron chi connectivity index (χ2n) is 13.0. The molecular formula is C45H68O10. The van der Waals surface area contributed by atoms with E-state index in [0.717, 1.165) is 64.2 Å². The fourth-order valence-electron chi connectivity index (χ4n) is 5.07. The Balaban J connectivity index is 2.50. The van der Waals surface area contributed by atoms with Gasteiger partial charge in [-0.25, -0.2) is 0 Å². The zero-order chi connectivity index (χ0) is 40.2. The molecule has 0 amide bonds. The Morgan fingerprint density at radius 2 is 1.05 bits per heavy atom. The van der Waals surface area contributed by atoms with Crippen LogP contribution in [0.15, 0.2) is 109 Å². The molecule has 0 aromatic heterocycles. The quantitative estimate of drug-likeness (QED) is 0.0324. The van der Waals surface area contributed by atoms with Crippen molar-refractivity contribution in [3.63, 3.8) is 0 Å². The maximum atomic E-state index is 12.7. The van der Waals surface area contributed by atoms with Gasteiger partial charge in [0.1, 0.15) is 31.0 Å². The minimum atomic E-state index is -1.62. The molecule has 308 valence electrons. The molecule has 10 nitrogen and oxygen atoms in total. The Morgan fingerprint density at radius 3 is 1.55 bits per heavy atom. The van der Waals surface area contributed by atoms with Crippen LogP contribution in [0.5, 0.6) is 0 Å². The zero-order valence-corrected chi connectivity index (χ0v) is 33.1. The highest BCUT2D eigenvalue weighted by Gasteiger charge is 2.44. The van der Waals surface area contributed by atoms with Gasteiger partial charge in [0, 0.05) is 6.42 Å². The molecule has 0 aliphatic carbocycles. The van der Waals surface area contributed by atoms with E-state index in [-0.39, 0.29) is 26.1 Å². The standard InChI is InChI=1S/C45H68O10/c1-3-5-7-9-11-13-15-17-19-21-23-25-27-29-31-33-40(47)52-36-38(37-53-45-44(51)43(50)42(49)39(35-46)55-45)54-41(48)34-32-30-28-26-24-22-20-18-16-14-12-10-8-6-4-2/h5-8,11-14,17-20,23-26,29,31,38-39,42-46,49-51H,3-4,9-10,15-16,21-22,27-28,30,32-37H2,1-2H3/b7-5-,8-6-,13-11-,14-12-,19-17-,20-18-,25-23-,26-24-,31-29-/t38-,39?,42+,43?,44?,45-/m1/s1. The Kier molecular flexibility index (Phi) is 31.3. The minimum Gasteiger partial charge on any atom is -0.461 e. The predicted molar refractivity (Wildman–Crippen MR) is 219 cm³/mol. The largest absolute Gasteiger partial charge is 0.461 e. The number of carbonyl (C=O) groups excluding carboxylic acids is 2. The highest BCUT2D eigenvalue weighted by Crippen LogP contribution is 2.22. The van der Waals surface area contributed by atoms with Gasteiger partial charge in [0.25, 0.3) is 0 Å². The van der Waals surface area contributed by atoms with Crippen LogP contribution in [0.2, 0.25) is 0 Å². The molecule has 1 aliphatic heterocycles. The number of aliphatic hydroxyl groups excluding tert-OH is 4. The summed E-state index contributed by atoms with van der Waals surface area (Å²) in [7, 11) is 0. The highest BCUT2D eigenvalue weighted by atomic mass is 16.7. The summed E-state index contributed by atoms with van der Waals surface area (Å²) in [6.07, 6.45) is 39.8. The van der Waals surface area contributed by atoms with Crippen LogP contribution < -0.4 is 0 Å². The van der Waals surface area contributed by atoms with Gasteiger partial charge in [0.15, 0.2) is 12.4 Å². The fraction of sp³-hybridized carbons (Fsp3) is 0.556. The van der Waals surface area contributed by atoms with Crippen LogP contribution in [-0.2, 0) is 28.5 Å². The van der Waals surface area contributed by atoms with Gasteiger partial charge >= 0.3 is 11.9 Å². The topological polar surface area (TPSA) is 152 Å². The number of hydrogen-bond donors (Lipinski definition) is 4. The fourth-order valence-corrected chi connectivity index (χ4v) is 5.07. The molecule has 0 spiro atoms. The minimum absolute atomic E-state index is 0.0268. The molecule has 0 radical (unpaired) electrons. The Hall–Kier alpha value is -3.64. The molecule has 1 saturated heterocycles. The van der Waals surface area contributed by atoms with Crippen LogP contribution in [0.3, 0.4) is 0 Å². The molecule has 1 fully saturated rings. The van der Waals surface area contributed by atoms with Gasteiger partial charge in [-0.2, -0.15) is 0 Å². The van der Waals surface area contributed by atoms with Gasteiger partial charge in [0.05, 0.1) is 19.6 Å². The molecule has 0 saturated carbocycles. The predicted octanol–water partition coefficient (Wildman–Crippen LogP) is 7.76. The van der Waals surface area contributed by atoms with Crippen molar-refractivity contribution < 1.29 is 49.0 Å². The second-order valence-corrected chi connectivity index (χ2v) is 13.0. The molecule has 0 bridgehead atoms. The van der Waals surface area contributed by atoms with Crippen molar-refractivity contribution in [1.29, 1.82) is 0 Å².